The van der Waals surface area contributed by atoms with Crippen molar-refractivity contribution in [1.82, 2.24) is 15.0 Å². The number of benzene rings is 5. The first kappa shape index (κ1) is 32.9. The van der Waals surface area contributed by atoms with Gasteiger partial charge in [-0.25, -0.2) is 15.0 Å². The predicted molar refractivity (Wildman–Crippen MR) is 227 cm³/mol. The summed E-state index contributed by atoms with van der Waals surface area (Å²) in [5, 5.41) is 2.64. The predicted octanol–water partition coefficient (Wildman–Crippen LogP) is 10.7. The molecule has 0 saturated carbocycles. The highest BCUT2D eigenvalue weighted by atomic mass is 15.0. The Balaban J connectivity index is 1.16. The van der Waals surface area contributed by atoms with E-state index in [1.54, 1.807) is 0 Å². The molecular formula is C52H39N3. The molecular weight excluding hydrogens is 667 g/mol. The number of allylic oxidation sites excluding steroid dienone is 12. The van der Waals surface area contributed by atoms with Crippen LogP contribution in [0.15, 0.2) is 188 Å². The quantitative estimate of drug-likeness (QED) is 0.173. The van der Waals surface area contributed by atoms with Gasteiger partial charge in [-0.05, 0) is 79.5 Å². The van der Waals surface area contributed by atoms with Crippen LogP contribution in [-0.2, 0) is 0 Å². The molecule has 6 aromatic rings. The van der Waals surface area contributed by atoms with Gasteiger partial charge in [0.2, 0.25) is 0 Å². The minimum Gasteiger partial charge on any atom is -0.208 e. The molecule has 3 heteroatoms. The van der Waals surface area contributed by atoms with Crippen LogP contribution in [0.1, 0.15) is 30.3 Å². The number of aromatic nitrogens is 3. The second kappa shape index (κ2) is 13.9. The summed E-state index contributed by atoms with van der Waals surface area (Å²) in [6.45, 7) is 2.27. The van der Waals surface area contributed by atoms with Crippen molar-refractivity contribution in [3.8, 4) is 33.9 Å². The Labute approximate surface area is 322 Å². The van der Waals surface area contributed by atoms with Gasteiger partial charge < -0.3 is 0 Å². The lowest BCUT2D eigenvalue weighted by Gasteiger charge is -2.33. The summed E-state index contributed by atoms with van der Waals surface area (Å²) in [4.78, 5) is 15.4. The molecule has 0 amide bonds. The summed E-state index contributed by atoms with van der Waals surface area (Å²) in [7, 11) is 0. The van der Waals surface area contributed by atoms with Crippen LogP contribution in [0.2, 0.25) is 0 Å². The Bertz CT molecular complexity index is 2730. The maximum Gasteiger partial charge on any atom is 0.164 e. The van der Waals surface area contributed by atoms with Crippen molar-refractivity contribution in [2.24, 2.45) is 17.8 Å². The average molecular weight is 706 g/mol. The maximum absolute atomic E-state index is 5.19. The Kier molecular flexibility index (Phi) is 8.33. The highest BCUT2D eigenvalue weighted by Crippen LogP contribution is 2.43. The van der Waals surface area contributed by atoms with Crippen LogP contribution in [-0.4, -0.2) is 15.0 Å². The summed E-state index contributed by atoms with van der Waals surface area (Å²) in [5.74, 6) is 2.99. The molecule has 1 heterocycles. The molecule has 262 valence electrons. The van der Waals surface area contributed by atoms with E-state index in [9.17, 15) is 0 Å². The van der Waals surface area contributed by atoms with E-state index < -0.39 is 0 Å². The second-order valence-corrected chi connectivity index (χ2v) is 14.8. The van der Waals surface area contributed by atoms with E-state index in [-0.39, 0.29) is 5.92 Å². The normalized spacial score (nSPS) is 19.5. The molecule has 55 heavy (non-hydrogen) atoms. The number of nitrogens with zero attached hydrogens (tertiary/aromatic N) is 3. The Hall–Kier alpha value is -6.71. The van der Waals surface area contributed by atoms with Gasteiger partial charge in [0.25, 0.3) is 0 Å². The van der Waals surface area contributed by atoms with Crippen LogP contribution in [0.5, 0.6) is 0 Å². The second-order valence-electron chi connectivity index (χ2n) is 14.8. The van der Waals surface area contributed by atoms with Gasteiger partial charge in [0.05, 0.1) is 0 Å². The van der Waals surface area contributed by atoms with Gasteiger partial charge >= 0.3 is 0 Å². The molecule has 4 aliphatic rings. The zero-order valence-corrected chi connectivity index (χ0v) is 30.7. The lowest BCUT2D eigenvalue weighted by molar-refractivity contribution is 0.695. The number of fused-ring (bicyclic) bond motifs is 4. The molecule has 0 aliphatic heterocycles. The molecule has 3 atom stereocenters. The third-order valence-corrected chi connectivity index (χ3v) is 11.3. The molecule has 5 aromatic carbocycles. The number of rotatable bonds is 6. The fourth-order valence-corrected chi connectivity index (χ4v) is 8.58. The molecule has 0 radical (unpaired) electrons. The summed E-state index contributed by atoms with van der Waals surface area (Å²) in [6, 6.07) is 47.1. The van der Waals surface area contributed by atoms with E-state index in [0.717, 1.165) is 34.5 Å². The van der Waals surface area contributed by atoms with Gasteiger partial charge in [0, 0.05) is 28.5 Å². The molecule has 3 nitrogen and oxygen atoms in total. The molecule has 10 rings (SSSR count). The van der Waals surface area contributed by atoms with Gasteiger partial charge in [0.1, 0.15) is 0 Å². The smallest absolute Gasteiger partial charge is 0.164 e. The number of hydrogen-bond acceptors (Lipinski definition) is 3. The first-order valence-electron chi connectivity index (χ1n) is 19.2. The van der Waals surface area contributed by atoms with Crippen molar-refractivity contribution in [2.75, 3.05) is 0 Å². The standard InChI is InChI=1S/C52H39N3/c1-34-25-28-46(49(31-34)52-54-50(36-17-7-3-8-18-36)53-51(55-52)37-19-9-4-10-20-37)41-22-12-11-21-40(41)39-27-30-45-43-24-14-13-23-42(43)44-29-26-38(32-47(44)48(45)33-39)35-15-5-2-6-16-35/h2-30,32-34,43,45H,31H2,1H3. The van der Waals surface area contributed by atoms with Gasteiger partial charge in [-0.1, -0.05) is 183 Å². The molecule has 1 aromatic heterocycles. The molecule has 4 aliphatic carbocycles. The van der Waals surface area contributed by atoms with Gasteiger partial charge in [-0.15, -0.1) is 0 Å². The first-order chi connectivity index (χ1) is 27.2. The summed E-state index contributed by atoms with van der Waals surface area (Å²) >= 11 is 0. The van der Waals surface area contributed by atoms with Gasteiger partial charge in [0.15, 0.2) is 17.5 Å². The van der Waals surface area contributed by atoms with Crippen molar-refractivity contribution < 1.29 is 0 Å². The first-order valence-corrected chi connectivity index (χ1v) is 19.2. The van der Waals surface area contributed by atoms with Crippen molar-refractivity contribution in [3.63, 3.8) is 0 Å². The Morgan fingerprint density at radius 1 is 0.473 bits per heavy atom. The van der Waals surface area contributed by atoms with E-state index >= 15 is 0 Å². The summed E-state index contributed by atoms with van der Waals surface area (Å²) < 4.78 is 0. The molecule has 3 unspecified atom stereocenters. The third kappa shape index (κ3) is 6.08. The minimum absolute atomic E-state index is 0.258. The summed E-state index contributed by atoms with van der Waals surface area (Å²) in [5.41, 5.74) is 13.1. The third-order valence-electron chi connectivity index (χ3n) is 11.3. The van der Waals surface area contributed by atoms with Crippen LogP contribution in [0.4, 0.5) is 0 Å². The number of hydrogen-bond donors (Lipinski definition) is 0. The monoisotopic (exact) mass is 705 g/mol. The molecule has 0 saturated heterocycles. The fraction of sp³-hybridized carbons (Fsp3) is 0.0962. The van der Waals surface area contributed by atoms with Crippen LogP contribution in [0, 0.1) is 17.8 Å². The molecule has 0 bridgehead atoms. The van der Waals surface area contributed by atoms with Crippen molar-refractivity contribution >= 4 is 27.9 Å². The van der Waals surface area contributed by atoms with Gasteiger partial charge in [-0.2, -0.15) is 0 Å². The zero-order chi connectivity index (χ0) is 36.7. The largest absolute Gasteiger partial charge is 0.208 e. The van der Waals surface area contributed by atoms with Crippen molar-refractivity contribution in [3.05, 3.63) is 216 Å². The van der Waals surface area contributed by atoms with Crippen LogP contribution in [0.25, 0.3) is 61.8 Å². The molecule has 0 fully saturated rings. The molecule has 0 spiro atoms. The SMILES string of the molecule is CC1C=CC(c2ccccc2C2=CC3=c4cc(-c5ccccc5)ccc4=C4C=CC=CC4C3C=C2)=C(c2nc(-c3ccccc3)nc(-c3ccccc3)n2)C1. The Morgan fingerprint density at radius 3 is 1.80 bits per heavy atom. The molecule has 0 N–H and O–H groups in total. The van der Waals surface area contributed by atoms with E-state index in [0.29, 0.717) is 23.5 Å². The van der Waals surface area contributed by atoms with Crippen molar-refractivity contribution in [1.29, 1.82) is 0 Å². The maximum atomic E-state index is 5.19. The fourth-order valence-electron chi connectivity index (χ4n) is 8.58. The van der Waals surface area contributed by atoms with Gasteiger partial charge in [-0.3, -0.25) is 0 Å². The highest BCUT2D eigenvalue weighted by Gasteiger charge is 2.31. The van der Waals surface area contributed by atoms with Crippen LogP contribution < -0.4 is 10.4 Å². The summed E-state index contributed by atoms with van der Waals surface area (Å²) in [6.07, 6.45) is 21.8. The average Bonchev–Trinajstić information content (AvgIpc) is 3.27. The lowest BCUT2D eigenvalue weighted by Crippen LogP contribution is -2.39. The van der Waals surface area contributed by atoms with Crippen LogP contribution in [0.3, 0.4) is 0 Å². The van der Waals surface area contributed by atoms with Crippen molar-refractivity contribution in [2.45, 2.75) is 13.3 Å². The highest BCUT2D eigenvalue weighted by molar-refractivity contribution is 6.01. The van der Waals surface area contributed by atoms with E-state index in [1.165, 1.54) is 49.4 Å². The zero-order valence-electron chi connectivity index (χ0n) is 30.7. The topological polar surface area (TPSA) is 38.7 Å². The van der Waals surface area contributed by atoms with E-state index in [2.05, 4.69) is 159 Å². The van der Waals surface area contributed by atoms with Crippen LogP contribution >= 0.6 is 0 Å². The minimum atomic E-state index is 0.258. The Morgan fingerprint density at radius 2 is 1.09 bits per heavy atom. The van der Waals surface area contributed by atoms with E-state index in [1.807, 2.05) is 36.4 Å². The van der Waals surface area contributed by atoms with E-state index in [4.69, 9.17) is 15.0 Å². The lowest BCUT2D eigenvalue weighted by atomic mass is 9.71.